The average Bonchev–Trinajstić information content (AvgIpc) is 3.38. The lowest BCUT2D eigenvalue weighted by Gasteiger charge is -2.40. The second kappa shape index (κ2) is 7.15. The standard InChI is InChI=1S/C20H28N4O4/c25-17-14-3-4-20(16(14)21-19(22-17)24-9-12-27-13-10-24)5-7-23(8-6-20)18(26)15-2-1-11-28-15/h15H,1-13H2,(H,21,22,25)/t15-/m1/s1. The van der Waals surface area contributed by atoms with E-state index in [1.54, 1.807) is 0 Å². The monoisotopic (exact) mass is 388 g/mol. The van der Waals surface area contributed by atoms with Crippen LogP contribution in [-0.4, -0.2) is 72.9 Å². The molecule has 1 atom stereocenters. The van der Waals surface area contributed by atoms with Crippen LogP contribution in [0.15, 0.2) is 4.79 Å². The van der Waals surface area contributed by atoms with Crippen LogP contribution in [0.4, 0.5) is 5.95 Å². The lowest BCUT2D eigenvalue weighted by molar-refractivity contribution is -0.142. The number of rotatable bonds is 2. The van der Waals surface area contributed by atoms with E-state index < -0.39 is 0 Å². The number of anilines is 1. The Balaban J connectivity index is 1.36. The Hall–Kier alpha value is -1.93. The minimum atomic E-state index is -0.251. The topological polar surface area (TPSA) is 87.8 Å². The summed E-state index contributed by atoms with van der Waals surface area (Å²) in [6.45, 7) is 4.95. The Bertz CT molecular complexity index is 803. The third-order valence-electron chi connectivity index (χ3n) is 6.91. The van der Waals surface area contributed by atoms with Gasteiger partial charge in [-0.05, 0) is 38.5 Å². The van der Waals surface area contributed by atoms with Gasteiger partial charge < -0.3 is 19.3 Å². The molecule has 4 aliphatic rings. The van der Waals surface area contributed by atoms with Gasteiger partial charge >= 0.3 is 0 Å². The summed E-state index contributed by atoms with van der Waals surface area (Å²) in [4.78, 5) is 37.4. The predicted molar refractivity (Wildman–Crippen MR) is 103 cm³/mol. The zero-order chi connectivity index (χ0) is 19.1. The van der Waals surface area contributed by atoms with Gasteiger partial charge in [0.05, 0.1) is 18.9 Å². The zero-order valence-corrected chi connectivity index (χ0v) is 16.2. The summed E-state index contributed by atoms with van der Waals surface area (Å²) < 4.78 is 11.0. The number of aromatic nitrogens is 2. The van der Waals surface area contributed by atoms with Gasteiger partial charge in [-0.2, -0.15) is 0 Å². The normalized spacial score (nSPS) is 26.6. The van der Waals surface area contributed by atoms with Crippen molar-refractivity contribution < 1.29 is 14.3 Å². The Morgan fingerprint density at radius 1 is 1.11 bits per heavy atom. The minimum Gasteiger partial charge on any atom is -0.378 e. The highest BCUT2D eigenvalue weighted by Gasteiger charge is 2.45. The van der Waals surface area contributed by atoms with Gasteiger partial charge in [0, 0.05) is 43.8 Å². The first-order valence-corrected chi connectivity index (χ1v) is 10.5. The Morgan fingerprint density at radius 3 is 2.61 bits per heavy atom. The molecule has 28 heavy (non-hydrogen) atoms. The van der Waals surface area contributed by atoms with Crippen molar-refractivity contribution in [2.24, 2.45) is 0 Å². The van der Waals surface area contributed by atoms with Crippen LogP contribution in [-0.2, 0) is 26.1 Å². The summed E-state index contributed by atoms with van der Waals surface area (Å²) >= 11 is 0. The Morgan fingerprint density at radius 2 is 1.89 bits per heavy atom. The van der Waals surface area contributed by atoms with Crippen LogP contribution in [0.2, 0.25) is 0 Å². The molecular weight excluding hydrogens is 360 g/mol. The van der Waals surface area contributed by atoms with Crippen LogP contribution in [0, 0.1) is 0 Å². The molecule has 1 aliphatic carbocycles. The Kier molecular flexibility index (Phi) is 4.63. The highest BCUT2D eigenvalue weighted by atomic mass is 16.5. The van der Waals surface area contributed by atoms with Gasteiger partial charge in [0.15, 0.2) is 0 Å². The van der Waals surface area contributed by atoms with Crippen molar-refractivity contribution in [3.05, 3.63) is 21.6 Å². The summed E-state index contributed by atoms with van der Waals surface area (Å²) in [5.41, 5.74) is 1.75. The second-order valence-electron chi connectivity index (χ2n) is 8.42. The third-order valence-corrected chi connectivity index (χ3v) is 6.91. The number of ether oxygens (including phenoxy) is 2. The largest absolute Gasteiger partial charge is 0.378 e. The van der Waals surface area contributed by atoms with Crippen molar-refractivity contribution in [3.63, 3.8) is 0 Å². The number of amides is 1. The van der Waals surface area contributed by atoms with Crippen molar-refractivity contribution in [2.75, 3.05) is 50.9 Å². The first kappa shape index (κ1) is 18.1. The fraction of sp³-hybridized carbons (Fsp3) is 0.750. The number of carbonyl (C=O) groups is 1. The molecule has 3 saturated heterocycles. The van der Waals surface area contributed by atoms with E-state index in [0.29, 0.717) is 25.8 Å². The first-order valence-electron chi connectivity index (χ1n) is 10.5. The summed E-state index contributed by atoms with van der Waals surface area (Å²) in [6, 6.07) is 0. The maximum atomic E-state index is 12.7. The molecule has 3 aliphatic heterocycles. The van der Waals surface area contributed by atoms with E-state index in [4.69, 9.17) is 14.5 Å². The summed E-state index contributed by atoms with van der Waals surface area (Å²) in [5, 5.41) is 0. The minimum absolute atomic E-state index is 0.00114. The van der Waals surface area contributed by atoms with Crippen LogP contribution in [0.5, 0.6) is 0 Å². The molecule has 5 rings (SSSR count). The molecule has 1 aromatic rings. The molecular formula is C20H28N4O4. The number of fused-ring (bicyclic) bond motifs is 2. The summed E-state index contributed by atoms with van der Waals surface area (Å²) in [7, 11) is 0. The first-order chi connectivity index (χ1) is 13.7. The molecule has 8 heteroatoms. The van der Waals surface area contributed by atoms with Crippen molar-refractivity contribution in [2.45, 2.75) is 50.0 Å². The van der Waals surface area contributed by atoms with Crippen LogP contribution in [0.25, 0.3) is 0 Å². The van der Waals surface area contributed by atoms with Crippen molar-refractivity contribution >= 4 is 11.9 Å². The predicted octanol–water partition coefficient (Wildman–Crippen LogP) is 0.592. The summed E-state index contributed by atoms with van der Waals surface area (Å²) in [6.07, 6.45) is 5.03. The Labute approximate surface area is 164 Å². The smallest absolute Gasteiger partial charge is 0.255 e. The number of carbonyl (C=O) groups excluding carboxylic acids is 1. The van der Waals surface area contributed by atoms with Gasteiger partial charge in [0.1, 0.15) is 6.10 Å². The maximum absolute atomic E-state index is 12.7. The van der Waals surface area contributed by atoms with E-state index in [-0.39, 0.29) is 23.0 Å². The van der Waals surface area contributed by atoms with Crippen LogP contribution < -0.4 is 10.5 Å². The van der Waals surface area contributed by atoms with E-state index in [1.165, 1.54) is 0 Å². The average molecular weight is 388 g/mol. The van der Waals surface area contributed by atoms with Crippen molar-refractivity contribution in [1.29, 1.82) is 0 Å². The summed E-state index contributed by atoms with van der Waals surface area (Å²) in [5.74, 6) is 0.810. The number of nitrogens with one attached hydrogen (secondary N) is 1. The lowest BCUT2D eigenvalue weighted by atomic mass is 9.76. The van der Waals surface area contributed by atoms with E-state index in [2.05, 4.69) is 9.88 Å². The van der Waals surface area contributed by atoms with Gasteiger partial charge in [0.2, 0.25) is 5.95 Å². The van der Waals surface area contributed by atoms with E-state index in [9.17, 15) is 9.59 Å². The van der Waals surface area contributed by atoms with E-state index >= 15 is 0 Å². The van der Waals surface area contributed by atoms with Gasteiger partial charge in [-0.3, -0.25) is 14.6 Å². The molecule has 0 bridgehead atoms. The number of likely N-dealkylation sites (tertiary alicyclic amines) is 1. The lowest BCUT2D eigenvalue weighted by Crippen LogP contribution is -2.48. The molecule has 8 nitrogen and oxygen atoms in total. The van der Waals surface area contributed by atoms with Gasteiger partial charge in [0.25, 0.3) is 11.5 Å². The molecule has 152 valence electrons. The fourth-order valence-corrected chi connectivity index (χ4v) is 5.18. The number of nitrogens with zero attached hydrogens (tertiary/aromatic N) is 3. The van der Waals surface area contributed by atoms with E-state index in [0.717, 1.165) is 76.0 Å². The van der Waals surface area contributed by atoms with Crippen molar-refractivity contribution in [1.82, 2.24) is 14.9 Å². The molecule has 1 spiro atoms. The van der Waals surface area contributed by atoms with Crippen LogP contribution >= 0.6 is 0 Å². The molecule has 0 radical (unpaired) electrons. The highest BCUT2D eigenvalue weighted by Crippen LogP contribution is 2.44. The number of H-pyrrole nitrogens is 1. The molecule has 3 fully saturated rings. The highest BCUT2D eigenvalue weighted by molar-refractivity contribution is 5.81. The molecule has 1 N–H and O–H groups in total. The van der Waals surface area contributed by atoms with Crippen LogP contribution in [0.1, 0.15) is 43.4 Å². The molecule has 0 aromatic carbocycles. The number of aromatic amines is 1. The maximum Gasteiger partial charge on any atom is 0.255 e. The molecule has 0 saturated carbocycles. The number of hydrogen-bond donors (Lipinski definition) is 1. The van der Waals surface area contributed by atoms with Crippen molar-refractivity contribution in [3.8, 4) is 0 Å². The molecule has 0 unspecified atom stereocenters. The van der Waals surface area contributed by atoms with Gasteiger partial charge in [-0.1, -0.05) is 0 Å². The molecule has 1 amide bonds. The molecule has 1 aromatic heterocycles. The number of morpholine rings is 1. The second-order valence-corrected chi connectivity index (χ2v) is 8.42. The molecule has 4 heterocycles. The third kappa shape index (κ3) is 3.03. The fourth-order valence-electron chi connectivity index (χ4n) is 5.18. The van der Waals surface area contributed by atoms with Gasteiger partial charge in [-0.25, -0.2) is 4.98 Å². The zero-order valence-electron chi connectivity index (χ0n) is 16.2. The van der Waals surface area contributed by atoms with Gasteiger partial charge in [-0.15, -0.1) is 0 Å². The quantitative estimate of drug-likeness (QED) is 0.798. The number of hydrogen-bond acceptors (Lipinski definition) is 6. The number of piperidine rings is 1. The SMILES string of the molecule is O=C([C@H]1CCCO1)N1CCC2(CCc3c2nc(N2CCOCC2)[nH]c3=O)CC1. The van der Waals surface area contributed by atoms with Crippen LogP contribution in [0.3, 0.4) is 0 Å². The van der Waals surface area contributed by atoms with E-state index in [1.807, 2.05) is 4.90 Å².